The largest absolute Gasteiger partial charge is 0.393 e. The predicted octanol–water partition coefficient (Wildman–Crippen LogP) is 2.61. The molecule has 110 valence electrons. The molecule has 2 aromatic rings. The second-order valence-electron chi connectivity index (χ2n) is 6.03. The molecular weight excluding hydrogens is 262 g/mol. The third kappa shape index (κ3) is 3.08. The zero-order valence-electron chi connectivity index (χ0n) is 12.3. The summed E-state index contributed by atoms with van der Waals surface area (Å²) in [5.41, 5.74) is 1.05. The van der Waals surface area contributed by atoms with Crippen LogP contribution in [0.15, 0.2) is 42.5 Å². The van der Waals surface area contributed by atoms with Crippen LogP contribution >= 0.6 is 0 Å². The Kier molecular flexibility index (Phi) is 3.93. The Morgan fingerprint density at radius 1 is 1.24 bits per heavy atom. The van der Waals surface area contributed by atoms with Gasteiger partial charge in [0, 0.05) is 13.1 Å². The van der Waals surface area contributed by atoms with Gasteiger partial charge in [-0.15, -0.1) is 0 Å². The number of hydrogen-bond donors (Lipinski definition) is 1. The molecule has 1 N–H and O–H groups in total. The molecule has 1 fully saturated rings. The molecule has 0 aliphatic carbocycles. The molecule has 1 heterocycles. The number of aliphatic hydroxyl groups excluding tert-OH is 1. The lowest BCUT2D eigenvalue weighted by atomic mass is 9.96. The summed E-state index contributed by atoms with van der Waals surface area (Å²) in [6, 6.07) is 14.4. The van der Waals surface area contributed by atoms with E-state index in [1.165, 1.54) is 10.8 Å². The van der Waals surface area contributed by atoms with Crippen LogP contribution in [0.3, 0.4) is 0 Å². The Morgan fingerprint density at radius 2 is 2.00 bits per heavy atom. The van der Waals surface area contributed by atoms with Gasteiger partial charge in [-0.25, -0.2) is 0 Å². The summed E-state index contributed by atoms with van der Waals surface area (Å²) < 4.78 is 0. The lowest BCUT2D eigenvalue weighted by Crippen LogP contribution is -2.45. The molecule has 2 atom stereocenters. The summed E-state index contributed by atoms with van der Waals surface area (Å²) in [5, 5.41) is 12.1. The van der Waals surface area contributed by atoms with Crippen molar-refractivity contribution in [3.8, 4) is 0 Å². The number of piperidine rings is 1. The van der Waals surface area contributed by atoms with E-state index in [4.69, 9.17) is 0 Å². The number of nitrogens with zero attached hydrogens (tertiary/aromatic N) is 1. The Bertz CT molecular complexity index is 652. The third-order valence-electron chi connectivity index (χ3n) is 4.38. The molecule has 0 spiro atoms. The smallest absolute Gasteiger partial charge is 0.227 e. The van der Waals surface area contributed by atoms with E-state index in [1.54, 1.807) is 0 Å². The highest BCUT2D eigenvalue weighted by Crippen LogP contribution is 2.19. The highest BCUT2D eigenvalue weighted by atomic mass is 16.3. The van der Waals surface area contributed by atoms with Crippen LogP contribution in [0.5, 0.6) is 0 Å². The van der Waals surface area contributed by atoms with Gasteiger partial charge < -0.3 is 10.0 Å². The zero-order chi connectivity index (χ0) is 14.8. The van der Waals surface area contributed by atoms with Crippen molar-refractivity contribution in [2.24, 2.45) is 5.92 Å². The van der Waals surface area contributed by atoms with Crippen molar-refractivity contribution >= 4 is 16.7 Å². The van der Waals surface area contributed by atoms with Crippen molar-refractivity contribution < 1.29 is 9.90 Å². The second kappa shape index (κ2) is 5.86. The van der Waals surface area contributed by atoms with Crippen molar-refractivity contribution in [2.75, 3.05) is 13.1 Å². The molecule has 0 aromatic heterocycles. The lowest BCUT2D eigenvalue weighted by Gasteiger charge is -2.34. The van der Waals surface area contributed by atoms with E-state index in [0.29, 0.717) is 25.9 Å². The molecule has 3 rings (SSSR count). The van der Waals surface area contributed by atoms with E-state index >= 15 is 0 Å². The van der Waals surface area contributed by atoms with Gasteiger partial charge in [-0.2, -0.15) is 0 Å². The number of benzene rings is 2. The Balaban J connectivity index is 1.71. The van der Waals surface area contributed by atoms with E-state index in [-0.39, 0.29) is 17.9 Å². The van der Waals surface area contributed by atoms with E-state index in [0.717, 1.165) is 5.56 Å². The molecule has 1 aliphatic rings. The number of fused-ring (bicyclic) bond motifs is 1. The fourth-order valence-electron chi connectivity index (χ4n) is 2.99. The number of hydrogen-bond acceptors (Lipinski definition) is 2. The Morgan fingerprint density at radius 3 is 2.76 bits per heavy atom. The summed E-state index contributed by atoms with van der Waals surface area (Å²) in [4.78, 5) is 14.3. The maximum Gasteiger partial charge on any atom is 0.227 e. The first-order chi connectivity index (χ1) is 10.1. The maximum atomic E-state index is 12.4. The van der Waals surface area contributed by atoms with Gasteiger partial charge in [0.25, 0.3) is 0 Å². The van der Waals surface area contributed by atoms with Crippen molar-refractivity contribution in [1.29, 1.82) is 0 Å². The first kappa shape index (κ1) is 14.1. The van der Waals surface area contributed by atoms with E-state index in [2.05, 4.69) is 24.3 Å². The highest BCUT2D eigenvalue weighted by molar-refractivity contribution is 5.85. The molecule has 0 bridgehead atoms. The number of carbonyl (C=O) groups is 1. The fraction of sp³-hybridized carbons (Fsp3) is 0.389. The van der Waals surface area contributed by atoms with E-state index < -0.39 is 0 Å². The first-order valence-corrected chi connectivity index (χ1v) is 7.57. The lowest BCUT2D eigenvalue weighted by molar-refractivity contribution is -0.133. The quantitative estimate of drug-likeness (QED) is 0.920. The van der Waals surface area contributed by atoms with Crippen LogP contribution < -0.4 is 0 Å². The fourth-order valence-corrected chi connectivity index (χ4v) is 2.99. The molecule has 1 amide bonds. The average molecular weight is 283 g/mol. The monoisotopic (exact) mass is 283 g/mol. The van der Waals surface area contributed by atoms with Gasteiger partial charge >= 0.3 is 0 Å². The molecule has 1 saturated heterocycles. The van der Waals surface area contributed by atoms with Crippen molar-refractivity contribution in [2.45, 2.75) is 25.9 Å². The molecule has 3 nitrogen and oxygen atoms in total. The maximum absolute atomic E-state index is 12.4. The Hall–Kier alpha value is -1.87. The summed E-state index contributed by atoms with van der Waals surface area (Å²) in [6.07, 6.45) is 0.855. The standard InChI is InChI=1S/C18H21NO2/c1-13-12-19(9-8-17(13)20)18(21)11-14-6-7-15-4-2-3-5-16(15)10-14/h2-7,10,13,17,20H,8-9,11-12H2,1H3. The number of carbonyl (C=O) groups excluding carboxylic acids is 1. The molecule has 2 aromatic carbocycles. The molecule has 21 heavy (non-hydrogen) atoms. The molecule has 3 heteroatoms. The van der Waals surface area contributed by atoms with Crippen LogP contribution in [-0.4, -0.2) is 35.1 Å². The van der Waals surface area contributed by atoms with Crippen molar-refractivity contribution in [3.63, 3.8) is 0 Å². The summed E-state index contributed by atoms with van der Waals surface area (Å²) >= 11 is 0. The SMILES string of the molecule is CC1CN(C(=O)Cc2ccc3ccccc3c2)CCC1O. The highest BCUT2D eigenvalue weighted by Gasteiger charge is 2.26. The van der Waals surface area contributed by atoms with E-state index in [9.17, 15) is 9.90 Å². The topological polar surface area (TPSA) is 40.5 Å². The molecule has 2 unspecified atom stereocenters. The molecular formula is C18H21NO2. The first-order valence-electron chi connectivity index (χ1n) is 7.57. The number of amides is 1. The number of aliphatic hydroxyl groups is 1. The number of likely N-dealkylation sites (tertiary alicyclic amines) is 1. The molecule has 1 aliphatic heterocycles. The number of rotatable bonds is 2. The van der Waals surface area contributed by atoms with Crippen molar-refractivity contribution in [1.82, 2.24) is 4.90 Å². The second-order valence-corrected chi connectivity index (χ2v) is 6.03. The van der Waals surface area contributed by atoms with Gasteiger partial charge in [0.15, 0.2) is 0 Å². The van der Waals surface area contributed by atoms with Gasteiger partial charge in [-0.3, -0.25) is 4.79 Å². The van der Waals surface area contributed by atoms with E-state index in [1.807, 2.05) is 30.0 Å². The minimum atomic E-state index is -0.269. The van der Waals surface area contributed by atoms with Crippen LogP contribution in [0, 0.1) is 5.92 Å². The predicted molar refractivity (Wildman–Crippen MR) is 84.0 cm³/mol. The van der Waals surface area contributed by atoms with Crippen LogP contribution in [0.2, 0.25) is 0 Å². The minimum absolute atomic E-state index is 0.157. The molecule has 0 saturated carbocycles. The third-order valence-corrected chi connectivity index (χ3v) is 4.38. The van der Waals surface area contributed by atoms with Crippen LogP contribution in [0.4, 0.5) is 0 Å². The van der Waals surface area contributed by atoms with Gasteiger partial charge in [0.1, 0.15) is 0 Å². The van der Waals surface area contributed by atoms with Crippen molar-refractivity contribution in [3.05, 3.63) is 48.0 Å². The van der Waals surface area contributed by atoms with Crippen LogP contribution in [-0.2, 0) is 11.2 Å². The van der Waals surface area contributed by atoms with Gasteiger partial charge in [-0.1, -0.05) is 49.4 Å². The summed E-state index contributed by atoms with van der Waals surface area (Å²) in [6.45, 7) is 3.33. The Labute approximate surface area is 125 Å². The minimum Gasteiger partial charge on any atom is -0.393 e. The van der Waals surface area contributed by atoms with Crippen LogP contribution in [0.25, 0.3) is 10.8 Å². The van der Waals surface area contributed by atoms with Gasteiger partial charge in [-0.05, 0) is 28.7 Å². The molecule has 0 radical (unpaired) electrons. The van der Waals surface area contributed by atoms with Gasteiger partial charge in [0.2, 0.25) is 5.91 Å². The normalized spacial score (nSPS) is 22.5. The van der Waals surface area contributed by atoms with Gasteiger partial charge in [0.05, 0.1) is 12.5 Å². The summed E-state index contributed by atoms with van der Waals surface area (Å²) in [5.74, 6) is 0.323. The zero-order valence-corrected chi connectivity index (χ0v) is 12.3. The van der Waals surface area contributed by atoms with Crippen LogP contribution in [0.1, 0.15) is 18.9 Å². The average Bonchev–Trinajstić information content (AvgIpc) is 2.50. The summed E-state index contributed by atoms with van der Waals surface area (Å²) in [7, 11) is 0.